The quantitative estimate of drug-likeness (QED) is 0.628. The highest BCUT2D eigenvalue weighted by atomic mass is 32.2. The summed E-state index contributed by atoms with van der Waals surface area (Å²) in [5, 5.41) is 12.3. The van der Waals surface area contributed by atoms with Crippen LogP contribution in [0.1, 0.15) is 11.1 Å². The van der Waals surface area contributed by atoms with Gasteiger partial charge in [-0.3, -0.25) is 0 Å². The minimum absolute atomic E-state index is 0.672. The molecule has 2 rings (SSSR count). The van der Waals surface area contributed by atoms with E-state index in [1.165, 1.54) is 11.1 Å². The number of rotatable bonds is 7. The lowest BCUT2D eigenvalue weighted by atomic mass is 10.2. The molecule has 1 N–H and O–H groups in total. The van der Waals surface area contributed by atoms with E-state index in [1.54, 1.807) is 30.2 Å². The molecule has 0 spiro atoms. The van der Waals surface area contributed by atoms with Gasteiger partial charge in [0.25, 0.3) is 0 Å². The number of aryl methyl sites for hydroxylation is 1. The molecule has 0 fully saturated rings. The molecule has 0 aliphatic carbocycles. The van der Waals surface area contributed by atoms with Gasteiger partial charge in [0.05, 0.1) is 6.61 Å². The molecule has 0 saturated carbocycles. The van der Waals surface area contributed by atoms with Crippen LogP contribution in [0.15, 0.2) is 28.6 Å². The van der Waals surface area contributed by atoms with E-state index in [9.17, 15) is 0 Å². The first-order valence-corrected chi connectivity index (χ1v) is 7.83. The summed E-state index contributed by atoms with van der Waals surface area (Å²) in [4.78, 5) is 0. The number of nitrogens with one attached hydrogen (secondary N) is 1. The number of aromatic nitrogens is 2. The van der Waals surface area contributed by atoms with Gasteiger partial charge in [0.15, 0.2) is 4.34 Å². The summed E-state index contributed by atoms with van der Waals surface area (Å²) in [7, 11) is 1.69. The fourth-order valence-electron chi connectivity index (χ4n) is 1.55. The van der Waals surface area contributed by atoms with E-state index in [1.807, 2.05) is 0 Å². The number of thioether (sulfide) groups is 1. The fraction of sp³-hybridized carbons (Fsp3) is 0.385. The van der Waals surface area contributed by atoms with Gasteiger partial charge < -0.3 is 10.1 Å². The third kappa shape index (κ3) is 4.81. The Kier molecular flexibility index (Phi) is 5.62. The first kappa shape index (κ1) is 14.3. The standard InChI is InChI=1S/C13H17N3OS2/c1-10-4-3-5-11(8-10)9-18-13-16-15-12(19-13)14-6-7-17-2/h3-5,8H,6-7,9H2,1-2H3,(H,14,15). The van der Waals surface area contributed by atoms with Crippen LogP contribution >= 0.6 is 23.1 Å². The Bertz CT molecular complexity index is 516. The summed E-state index contributed by atoms with van der Waals surface area (Å²) in [6.45, 7) is 3.54. The Morgan fingerprint density at radius 1 is 1.37 bits per heavy atom. The summed E-state index contributed by atoms with van der Waals surface area (Å²) in [5.74, 6) is 0.925. The molecule has 1 aromatic heterocycles. The zero-order valence-corrected chi connectivity index (χ0v) is 12.7. The summed E-state index contributed by atoms with van der Waals surface area (Å²) >= 11 is 3.30. The molecule has 0 bridgehead atoms. The third-order valence-electron chi connectivity index (χ3n) is 2.43. The van der Waals surface area contributed by atoms with Crippen molar-refractivity contribution in [3.05, 3.63) is 35.4 Å². The second-order valence-electron chi connectivity index (χ2n) is 4.07. The van der Waals surface area contributed by atoms with Crippen molar-refractivity contribution in [3.63, 3.8) is 0 Å². The third-order valence-corrected chi connectivity index (χ3v) is 4.52. The molecular formula is C13H17N3OS2. The lowest BCUT2D eigenvalue weighted by Gasteiger charge is -2.00. The molecule has 0 saturated heterocycles. The van der Waals surface area contributed by atoms with Gasteiger partial charge in [-0.05, 0) is 12.5 Å². The number of benzene rings is 1. The zero-order valence-electron chi connectivity index (χ0n) is 11.0. The van der Waals surface area contributed by atoms with Gasteiger partial charge in [-0.1, -0.05) is 52.9 Å². The van der Waals surface area contributed by atoms with Gasteiger partial charge >= 0.3 is 0 Å². The molecule has 4 nitrogen and oxygen atoms in total. The van der Waals surface area contributed by atoms with Gasteiger partial charge in [-0.2, -0.15) is 0 Å². The second-order valence-corrected chi connectivity index (χ2v) is 6.27. The van der Waals surface area contributed by atoms with Gasteiger partial charge in [-0.25, -0.2) is 0 Å². The number of anilines is 1. The average Bonchev–Trinajstić information content (AvgIpc) is 2.85. The SMILES string of the molecule is COCCNc1nnc(SCc2cccc(C)c2)s1. The van der Waals surface area contributed by atoms with E-state index >= 15 is 0 Å². The maximum atomic E-state index is 4.98. The topological polar surface area (TPSA) is 47.0 Å². The first-order chi connectivity index (χ1) is 9.28. The molecule has 19 heavy (non-hydrogen) atoms. The minimum atomic E-state index is 0.672. The molecule has 1 aromatic carbocycles. The fourth-order valence-corrected chi connectivity index (χ4v) is 3.27. The van der Waals surface area contributed by atoms with Crippen LogP contribution in [0.3, 0.4) is 0 Å². The Morgan fingerprint density at radius 3 is 3.05 bits per heavy atom. The van der Waals surface area contributed by atoms with Crippen LogP contribution in [0.25, 0.3) is 0 Å². The smallest absolute Gasteiger partial charge is 0.206 e. The van der Waals surface area contributed by atoms with E-state index in [0.29, 0.717) is 6.61 Å². The molecule has 0 unspecified atom stereocenters. The van der Waals surface area contributed by atoms with Crippen molar-refractivity contribution in [3.8, 4) is 0 Å². The molecule has 1 heterocycles. The minimum Gasteiger partial charge on any atom is -0.383 e. The van der Waals surface area contributed by atoms with E-state index in [4.69, 9.17) is 4.74 Å². The van der Waals surface area contributed by atoms with Crippen molar-refractivity contribution in [2.75, 3.05) is 25.6 Å². The largest absolute Gasteiger partial charge is 0.383 e. The predicted molar refractivity (Wildman–Crippen MR) is 81.0 cm³/mol. The molecule has 0 aliphatic heterocycles. The van der Waals surface area contributed by atoms with Gasteiger partial charge in [0.2, 0.25) is 5.13 Å². The molecule has 0 atom stereocenters. The van der Waals surface area contributed by atoms with Crippen LogP contribution < -0.4 is 5.32 Å². The lowest BCUT2D eigenvalue weighted by Crippen LogP contribution is -2.06. The molecular weight excluding hydrogens is 278 g/mol. The average molecular weight is 295 g/mol. The van der Waals surface area contributed by atoms with Crippen molar-refractivity contribution in [2.45, 2.75) is 17.0 Å². The monoisotopic (exact) mass is 295 g/mol. The summed E-state index contributed by atoms with van der Waals surface area (Å²) in [6.07, 6.45) is 0. The summed E-state index contributed by atoms with van der Waals surface area (Å²) in [5.41, 5.74) is 2.60. The van der Waals surface area contributed by atoms with Crippen molar-refractivity contribution < 1.29 is 4.74 Å². The Balaban J connectivity index is 1.83. The highest BCUT2D eigenvalue weighted by molar-refractivity contribution is 8.00. The number of ether oxygens (including phenoxy) is 1. The van der Waals surface area contributed by atoms with E-state index < -0.39 is 0 Å². The molecule has 0 aliphatic rings. The van der Waals surface area contributed by atoms with Gasteiger partial charge in [0.1, 0.15) is 0 Å². The zero-order chi connectivity index (χ0) is 13.5. The van der Waals surface area contributed by atoms with Crippen LogP contribution in [0.2, 0.25) is 0 Å². The first-order valence-electron chi connectivity index (χ1n) is 6.02. The van der Waals surface area contributed by atoms with Crippen LogP contribution in [0.5, 0.6) is 0 Å². The number of methoxy groups -OCH3 is 1. The van der Waals surface area contributed by atoms with E-state index in [2.05, 4.69) is 46.7 Å². The van der Waals surface area contributed by atoms with Crippen molar-refractivity contribution >= 4 is 28.2 Å². The van der Waals surface area contributed by atoms with Gasteiger partial charge in [0, 0.05) is 19.4 Å². The lowest BCUT2D eigenvalue weighted by molar-refractivity contribution is 0.211. The van der Waals surface area contributed by atoms with Crippen molar-refractivity contribution in [1.29, 1.82) is 0 Å². The Morgan fingerprint density at radius 2 is 2.26 bits per heavy atom. The van der Waals surface area contributed by atoms with E-state index in [0.717, 1.165) is 21.8 Å². The Hall–Kier alpha value is -1.11. The molecule has 0 amide bonds. The normalized spacial score (nSPS) is 10.6. The van der Waals surface area contributed by atoms with Gasteiger partial charge in [-0.15, -0.1) is 10.2 Å². The number of nitrogens with zero attached hydrogens (tertiary/aromatic N) is 2. The number of hydrogen-bond acceptors (Lipinski definition) is 6. The molecule has 102 valence electrons. The van der Waals surface area contributed by atoms with Crippen LogP contribution in [0.4, 0.5) is 5.13 Å². The summed E-state index contributed by atoms with van der Waals surface area (Å²) in [6, 6.07) is 8.53. The highest BCUT2D eigenvalue weighted by Crippen LogP contribution is 2.28. The predicted octanol–water partition coefficient (Wildman–Crippen LogP) is 3.20. The van der Waals surface area contributed by atoms with E-state index in [-0.39, 0.29) is 0 Å². The van der Waals surface area contributed by atoms with Crippen LogP contribution in [0, 0.1) is 6.92 Å². The maximum Gasteiger partial charge on any atom is 0.206 e. The summed E-state index contributed by atoms with van der Waals surface area (Å²) < 4.78 is 5.96. The molecule has 6 heteroatoms. The van der Waals surface area contributed by atoms with Crippen molar-refractivity contribution in [1.82, 2.24) is 10.2 Å². The van der Waals surface area contributed by atoms with Crippen molar-refractivity contribution in [2.24, 2.45) is 0 Å². The molecule has 2 aromatic rings. The highest BCUT2D eigenvalue weighted by Gasteiger charge is 2.04. The van der Waals surface area contributed by atoms with Crippen LogP contribution in [-0.4, -0.2) is 30.5 Å². The Labute approximate surface area is 121 Å². The maximum absolute atomic E-state index is 4.98. The second kappa shape index (κ2) is 7.47. The molecule has 0 radical (unpaired) electrons. The number of hydrogen-bond donors (Lipinski definition) is 1. The van der Waals surface area contributed by atoms with Crippen LogP contribution in [-0.2, 0) is 10.5 Å².